The van der Waals surface area contributed by atoms with Gasteiger partial charge in [0.2, 0.25) is 0 Å². The van der Waals surface area contributed by atoms with Gasteiger partial charge in [-0.25, -0.2) is 4.79 Å². The minimum Gasteiger partial charge on any atom is -0.504 e. The van der Waals surface area contributed by atoms with Crippen molar-refractivity contribution < 1.29 is 19.7 Å². The fraction of sp³-hybridized carbons (Fsp3) is 0.500. The number of phenols is 2. The molecule has 1 aromatic rings. The Bertz CT molecular complexity index is 422. The van der Waals surface area contributed by atoms with Gasteiger partial charge in [0.15, 0.2) is 11.5 Å². The summed E-state index contributed by atoms with van der Waals surface area (Å²) in [6, 6.07) is 3.95. The van der Waals surface area contributed by atoms with Crippen LogP contribution >= 0.6 is 0 Å². The number of aromatic hydroxyl groups is 2. The van der Waals surface area contributed by atoms with Gasteiger partial charge in [-0.05, 0) is 37.0 Å². The van der Waals surface area contributed by atoms with E-state index in [4.69, 9.17) is 9.84 Å². The molecule has 18 heavy (non-hydrogen) atoms. The highest BCUT2D eigenvalue weighted by molar-refractivity contribution is 5.90. The van der Waals surface area contributed by atoms with Crippen molar-refractivity contribution in [3.63, 3.8) is 0 Å². The van der Waals surface area contributed by atoms with Gasteiger partial charge in [-0.15, -0.1) is 0 Å². The molecule has 98 valence electrons. The topological polar surface area (TPSA) is 66.8 Å². The van der Waals surface area contributed by atoms with Crippen molar-refractivity contribution in [3.05, 3.63) is 23.8 Å². The van der Waals surface area contributed by atoms with Crippen molar-refractivity contribution in [2.24, 2.45) is 5.92 Å². The quantitative estimate of drug-likeness (QED) is 0.639. The maximum absolute atomic E-state index is 11.7. The summed E-state index contributed by atoms with van der Waals surface area (Å²) < 4.78 is 5.23. The zero-order valence-electron chi connectivity index (χ0n) is 10.3. The Labute approximate surface area is 106 Å². The predicted molar refractivity (Wildman–Crippen MR) is 66.6 cm³/mol. The van der Waals surface area contributed by atoms with Crippen molar-refractivity contribution in [3.8, 4) is 11.5 Å². The highest BCUT2D eigenvalue weighted by Crippen LogP contribution is 2.26. The van der Waals surface area contributed by atoms with Crippen molar-refractivity contribution in [1.29, 1.82) is 0 Å². The standard InChI is InChI=1S/C14H18O4/c15-12-7-6-11(8-13(12)16)14(17)18-9-10-4-2-1-3-5-10/h6-8,10,15-16H,1-5,9H2. The molecule has 0 aromatic heterocycles. The molecule has 2 N–H and O–H groups in total. The van der Waals surface area contributed by atoms with Crippen molar-refractivity contribution in [2.45, 2.75) is 32.1 Å². The van der Waals surface area contributed by atoms with Crippen LogP contribution in [0.1, 0.15) is 42.5 Å². The number of esters is 1. The lowest BCUT2D eigenvalue weighted by atomic mass is 9.90. The van der Waals surface area contributed by atoms with Gasteiger partial charge < -0.3 is 14.9 Å². The lowest BCUT2D eigenvalue weighted by molar-refractivity contribution is 0.0410. The van der Waals surface area contributed by atoms with Crippen LogP contribution in [0.15, 0.2) is 18.2 Å². The normalized spacial score (nSPS) is 16.4. The number of ether oxygens (including phenoxy) is 1. The van der Waals surface area contributed by atoms with Crippen LogP contribution in [0.2, 0.25) is 0 Å². The fourth-order valence-corrected chi connectivity index (χ4v) is 2.28. The van der Waals surface area contributed by atoms with Crippen LogP contribution < -0.4 is 0 Å². The Morgan fingerprint density at radius 1 is 1.17 bits per heavy atom. The van der Waals surface area contributed by atoms with Crippen LogP contribution in [-0.4, -0.2) is 22.8 Å². The SMILES string of the molecule is O=C(OCC1CCCCC1)c1ccc(O)c(O)c1. The third-order valence-electron chi connectivity index (χ3n) is 3.39. The summed E-state index contributed by atoms with van der Waals surface area (Å²) in [7, 11) is 0. The number of phenolic OH excluding ortho intramolecular Hbond substituents is 2. The molecule has 4 nitrogen and oxygen atoms in total. The van der Waals surface area contributed by atoms with E-state index in [0.717, 1.165) is 12.8 Å². The minimum absolute atomic E-state index is 0.237. The number of hydrogen-bond donors (Lipinski definition) is 2. The molecule has 2 rings (SSSR count). The van der Waals surface area contributed by atoms with Crippen LogP contribution in [0.5, 0.6) is 11.5 Å². The lowest BCUT2D eigenvalue weighted by Crippen LogP contribution is -2.16. The van der Waals surface area contributed by atoms with Gasteiger partial charge in [0.05, 0.1) is 12.2 Å². The molecule has 0 bridgehead atoms. The summed E-state index contributed by atoms with van der Waals surface area (Å²) in [5.74, 6) is -0.523. The van der Waals surface area contributed by atoms with Gasteiger partial charge in [0.25, 0.3) is 0 Å². The van der Waals surface area contributed by atoms with Gasteiger partial charge in [-0.2, -0.15) is 0 Å². The zero-order valence-corrected chi connectivity index (χ0v) is 10.3. The fourth-order valence-electron chi connectivity index (χ4n) is 2.28. The molecule has 0 saturated heterocycles. The van der Waals surface area contributed by atoms with Crippen LogP contribution in [0.25, 0.3) is 0 Å². The van der Waals surface area contributed by atoms with Crippen LogP contribution in [0.3, 0.4) is 0 Å². The Morgan fingerprint density at radius 2 is 1.89 bits per heavy atom. The first-order chi connectivity index (χ1) is 8.66. The number of hydrogen-bond acceptors (Lipinski definition) is 4. The monoisotopic (exact) mass is 250 g/mol. The van der Waals surface area contributed by atoms with Crippen LogP contribution in [0, 0.1) is 5.92 Å². The number of benzene rings is 1. The van der Waals surface area contributed by atoms with Crippen molar-refractivity contribution in [1.82, 2.24) is 0 Å². The maximum Gasteiger partial charge on any atom is 0.338 e. The molecule has 1 aromatic carbocycles. The summed E-state index contributed by atoms with van der Waals surface area (Å²) in [5.41, 5.74) is 0.265. The first kappa shape index (κ1) is 12.7. The zero-order chi connectivity index (χ0) is 13.0. The van der Waals surface area contributed by atoms with E-state index >= 15 is 0 Å². The second-order valence-corrected chi connectivity index (χ2v) is 4.81. The molecule has 0 unspecified atom stereocenters. The first-order valence-corrected chi connectivity index (χ1v) is 6.36. The predicted octanol–water partition coefficient (Wildman–Crippen LogP) is 2.83. The molecule has 1 saturated carbocycles. The molecular weight excluding hydrogens is 232 g/mol. The van der Waals surface area contributed by atoms with Gasteiger partial charge >= 0.3 is 5.97 Å². The van der Waals surface area contributed by atoms with Gasteiger partial charge in [0, 0.05) is 0 Å². The third kappa shape index (κ3) is 3.15. The smallest absolute Gasteiger partial charge is 0.338 e. The van der Waals surface area contributed by atoms with E-state index in [2.05, 4.69) is 0 Å². The molecule has 0 amide bonds. The average Bonchev–Trinajstić information content (AvgIpc) is 2.40. The minimum atomic E-state index is -0.448. The van der Waals surface area contributed by atoms with E-state index in [9.17, 15) is 9.90 Å². The Balaban J connectivity index is 1.88. The molecule has 4 heteroatoms. The molecule has 1 aliphatic carbocycles. The summed E-state index contributed by atoms with van der Waals surface area (Å²) in [4.78, 5) is 11.7. The van der Waals surface area contributed by atoms with E-state index in [1.165, 1.54) is 37.5 Å². The molecule has 0 heterocycles. The number of carbonyl (C=O) groups is 1. The molecule has 0 spiro atoms. The van der Waals surface area contributed by atoms with E-state index < -0.39 is 5.97 Å². The average molecular weight is 250 g/mol. The van der Waals surface area contributed by atoms with Crippen LogP contribution in [-0.2, 0) is 4.74 Å². The van der Waals surface area contributed by atoms with Crippen molar-refractivity contribution in [2.75, 3.05) is 6.61 Å². The molecule has 1 fully saturated rings. The second kappa shape index (κ2) is 5.76. The number of carbonyl (C=O) groups excluding carboxylic acids is 1. The van der Waals surface area contributed by atoms with E-state index in [-0.39, 0.29) is 17.1 Å². The summed E-state index contributed by atoms with van der Waals surface area (Å²) >= 11 is 0. The van der Waals surface area contributed by atoms with Crippen LogP contribution in [0.4, 0.5) is 0 Å². The van der Waals surface area contributed by atoms with Crippen molar-refractivity contribution >= 4 is 5.97 Å². The second-order valence-electron chi connectivity index (χ2n) is 4.81. The van der Waals surface area contributed by atoms with E-state index in [1.54, 1.807) is 0 Å². The summed E-state index contributed by atoms with van der Waals surface area (Å²) in [6.45, 7) is 0.445. The summed E-state index contributed by atoms with van der Waals surface area (Å²) in [5, 5.41) is 18.5. The Morgan fingerprint density at radius 3 is 2.56 bits per heavy atom. The highest BCUT2D eigenvalue weighted by atomic mass is 16.5. The number of rotatable bonds is 3. The summed E-state index contributed by atoms with van der Waals surface area (Å²) in [6.07, 6.45) is 5.93. The maximum atomic E-state index is 11.7. The largest absolute Gasteiger partial charge is 0.504 e. The van der Waals surface area contributed by atoms with Gasteiger partial charge in [-0.1, -0.05) is 19.3 Å². The molecule has 0 aliphatic heterocycles. The van der Waals surface area contributed by atoms with Gasteiger partial charge in [-0.3, -0.25) is 0 Å². The third-order valence-corrected chi connectivity index (χ3v) is 3.39. The first-order valence-electron chi connectivity index (χ1n) is 6.36. The van der Waals surface area contributed by atoms with Gasteiger partial charge in [0.1, 0.15) is 0 Å². The molecule has 0 atom stereocenters. The molecule has 1 aliphatic rings. The molecular formula is C14H18O4. The van der Waals surface area contributed by atoms with E-state index in [1.807, 2.05) is 0 Å². The Hall–Kier alpha value is -1.71. The van der Waals surface area contributed by atoms with E-state index in [0.29, 0.717) is 12.5 Å². The lowest BCUT2D eigenvalue weighted by Gasteiger charge is -2.21. The molecule has 0 radical (unpaired) electrons. The Kier molecular flexibility index (Phi) is 4.07. The highest BCUT2D eigenvalue weighted by Gasteiger charge is 2.16.